The van der Waals surface area contributed by atoms with E-state index in [-0.39, 0.29) is 6.10 Å². The predicted octanol–water partition coefficient (Wildman–Crippen LogP) is 4.69. The van der Waals surface area contributed by atoms with Crippen molar-refractivity contribution < 1.29 is 9.47 Å². The van der Waals surface area contributed by atoms with Crippen LogP contribution in [-0.4, -0.2) is 19.3 Å². The van der Waals surface area contributed by atoms with Crippen LogP contribution in [0.3, 0.4) is 0 Å². The minimum absolute atomic E-state index is 0.204. The van der Waals surface area contributed by atoms with Crippen LogP contribution in [-0.2, 0) is 10.1 Å². The number of alkyl halides is 1. The van der Waals surface area contributed by atoms with E-state index in [0.717, 1.165) is 5.56 Å². The highest BCUT2D eigenvalue weighted by molar-refractivity contribution is 9.08. The van der Waals surface area contributed by atoms with Gasteiger partial charge in [0.15, 0.2) is 0 Å². The number of benzene rings is 1. The number of ether oxygens (including phenoxy) is 2. The zero-order chi connectivity index (χ0) is 12.8. The van der Waals surface area contributed by atoms with Crippen molar-refractivity contribution in [2.75, 3.05) is 13.2 Å². The highest BCUT2D eigenvalue weighted by Crippen LogP contribution is 2.33. The Labute approximate surface area is 120 Å². The van der Waals surface area contributed by atoms with Crippen LogP contribution < -0.4 is 4.74 Å². The molecule has 1 aromatic carbocycles. The molecule has 0 heterocycles. The average Bonchev–Trinajstić information content (AvgIpc) is 2.25. The van der Waals surface area contributed by atoms with Crippen molar-refractivity contribution in [3.8, 4) is 5.75 Å². The van der Waals surface area contributed by atoms with Crippen molar-refractivity contribution in [1.29, 1.82) is 0 Å². The Balaban J connectivity index is 2.63. The summed E-state index contributed by atoms with van der Waals surface area (Å²) in [5.41, 5.74) is 0.937. The lowest BCUT2D eigenvalue weighted by molar-refractivity contribution is 0.0551. The fourth-order valence-corrected chi connectivity index (χ4v) is 2.31. The summed E-state index contributed by atoms with van der Waals surface area (Å²) in [6.07, 6.45) is 0.204. The van der Waals surface area contributed by atoms with Crippen molar-refractivity contribution >= 4 is 39.1 Å². The molecule has 0 radical (unpaired) electrons. The van der Waals surface area contributed by atoms with E-state index in [0.29, 0.717) is 34.3 Å². The topological polar surface area (TPSA) is 18.5 Å². The van der Waals surface area contributed by atoms with Gasteiger partial charge in [-0.3, -0.25) is 0 Å². The highest BCUT2D eigenvalue weighted by Gasteiger charge is 2.09. The molecule has 5 heteroatoms. The quantitative estimate of drug-likeness (QED) is 0.552. The van der Waals surface area contributed by atoms with Crippen molar-refractivity contribution in [2.45, 2.75) is 25.3 Å². The number of halogens is 3. The van der Waals surface area contributed by atoms with E-state index >= 15 is 0 Å². The van der Waals surface area contributed by atoms with Gasteiger partial charge in [-0.05, 0) is 26.0 Å². The second-order valence-corrected chi connectivity index (χ2v) is 5.18. The summed E-state index contributed by atoms with van der Waals surface area (Å²) in [5, 5.41) is 1.78. The summed E-state index contributed by atoms with van der Waals surface area (Å²) in [5.74, 6) is 0.667. The van der Waals surface area contributed by atoms with E-state index in [1.165, 1.54) is 0 Å². The molecule has 0 atom stereocenters. The smallest absolute Gasteiger partial charge is 0.142 e. The van der Waals surface area contributed by atoms with Gasteiger partial charge in [-0.1, -0.05) is 39.1 Å². The molecule has 0 saturated heterocycles. The maximum Gasteiger partial charge on any atom is 0.142 e. The molecular formula is C12H15BrCl2O2. The first kappa shape index (κ1) is 15.1. The molecule has 1 rings (SSSR count). The zero-order valence-corrected chi connectivity index (χ0v) is 12.9. The van der Waals surface area contributed by atoms with Gasteiger partial charge in [-0.2, -0.15) is 0 Å². The summed E-state index contributed by atoms with van der Waals surface area (Å²) in [4.78, 5) is 0. The first-order valence-corrected chi connectivity index (χ1v) is 7.20. The van der Waals surface area contributed by atoms with Crippen LogP contribution in [0, 0.1) is 0 Å². The van der Waals surface area contributed by atoms with Crippen LogP contribution in [0.2, 0.25) is 10.0 Å². The molecule has 0 N–H and O–H groups in total. The summed E-state index contributed by atoms with van der Waals surface area (Å²) >= 11 is 15.4. The first-order chi connectivity index (χ1) is 8.04. The minimum Gasteiger partial charge on any atom is -0.489 e. The molecule has 1 aromatic rings. The predicted molar refractivity (Wildman–Crippen MR) is 75.7 cm³/mol. The van der Waals surface area contributed by atoms with Crippen molar-refractivity contribution in [2.24, 2.45) is 0 Å². The molecule has 0 saturated carbocycles. The second-order valence-electron chi connectivity index (χ2n) is 3.78. The Morgan fingerprint density at radius 3 is 2.53 bits per heavy atom. The summed E-state index contributed by atoms with van der Waals surface area (Å²) in [7, 11) is 0. The molecule has 96 valence electrons. The number of hydrogen-bond donors (Lipinski definition) is 0. The Morgan fingerprint density at radius 2 is 1.94 bits per heavy atom. The molecular weight excluding hydrogens is 327 g/mol. The molecule has 0 spiro atoms. The molecule has 0 unspecified atom stereocenters. The fraction of sp³-hybridized carbons (Fsp3) is 0.500. The Kier molecular flexibility index (Phi) is 6.63. The standard InChI is InChI=1S/C12H15BrCl2O2/c1-8(2)16-3-4-17-12-9(7-13)5-10(14)6-11(12)15/h5-6,8H,3-4,7H2,1-2H3. The van der Waals surface area contributed by atoms with Crippen LogP contribution in [0.25, 0.3) is 0 Å². The summed E-state index contributed by atoms with van der Waals surface area (Å²) < 4.78 is 11.0. The van der Waals surface area contributed by atoms with E-state index in [9.17, 15) is 0 Å². The van der Waals surface area contributed by atoms with Gasteiger partial charge in [0.2, 0.25) is 0 Å². The van der Waals surface area contributed by atoms with E-state index in [2.05, 4.69) is 15.9 Å². The Hall–Kier alpha value is 0.0400. The molecule has 2 nitrogen and oxygen atoms in total. The molecule has 0 aromatic heterocycles. The van der Waals surface area contributed by atoms with Crippen molar-refractivity contribution in [3.05, 3.63) is 27.7 Å². The van der Waals surface area contributed by atoms with Gasteiger partial charge in [-0.25, -0.2) is 0 Å². The van der Waals surface area contributed by atoms with Crippen LogP contribution in [0.15, 0.2) is 12.1 Å². The van der Waals surface area contributed by atoms with E-state index in [1.54, 1.807) is 6.07 Å². The van der Waals surface area contributed by atoms with E-state index < -0.39 is 0 Å². The normalized spacial score (nSPS) is 10.9. The van der Waals surface area contributed by atoms with Crippen LogP contribution >= 0.6 is 39.1 Å². The Bertz CT molecular complexity index is 370. The van der Waals surface area contributed by atoms with Crippen LogP contribution in [0.1, 0.15) is 19.4 Å². The molecule has 17 heavy (non-hydrogen) atoms. The largest absolute Gasteiger partial charge is 0.489 e. The molecule has 0 aliphatic rings. The maximum absolute atomic E-state index is 6.08. The third-order valence-electron chi connectivity index (χ3n) is 2.01. The molecule has 0 amide bonds. The third kappa shape index (κ3) is 5.04. The number of rotatable bonds is 6. The fourth-order valence-electron chi connectivity index (χ4n) is 1.30. The van der Waals surface area contributed by atoms with E-state index in [1.807, 2.05) is 19.9 Å². The van der Waals surface area contributed by atoms with Gasteiger partial charge in [-0.15, -0.1) is 0 Å². The molecule has 0 aliphatic carbocycles. The van der Waals surface area contributed by atoms with Gasteiger partial charge in [0, 0.05) is 15.9 Å². The van der Waals surface area contributed by atoms with Gasteiger partial charge in [0.1, 0.15) is 12.4 Å². The Morgan fingerprint density at radius 1 is 1.24 bits per heavy atom. The van der Waals surface area contributed by atoms with Gasteiger partial charge in [0.05, 0.1) is 17.7 Å². The number of hydrogen-bond acceptors (Lipinski definition) is 2. The third-order valence-corrected chi connectivity index (χ3v) is 3.11. The van der Waals surface area contributed by atoms with Crippen molar-refractivity contribution in [3.63, 3.8) is 0 Å². The van der Waals surface area contributed by atoms with Crippen molar-refractivity contribution in [1.82, 2.24) is 0 Å². The lowest BCUT2D eigenvalue weighted by Crippen LogP contribution is -2.12. The first-order valence-electron chi connectivity index (χ1n) is 5.33. The van der Waals surface area contributed by atoms with E-state index in [4.69, 9.17) is 32.7 Å². The molecule has 0 aliphatic heterocycles. The minimum atomic E-state index is 0.204. The zero-order valence-electron chi connectivity index (χ0n) is 9.80. The van der Waals surface area contributed by atoms with Gasteiger partial charge in [0.25, 0.3) is 0 Å². The van der Waals surface area contributed by atoms with Crippen LogP contribution in [0.4, 0.5) is 0 Å². The van der Waals surface area contributed by atoms with Gasteiger partial charge < -0.3 is 9.47 Å². The molecule has 0 bridgehead atoms. The average molecular weight is 342 g/mol. The lowest BCUT2D eigenvalue weighted by Gasteiger charge is -2.13. The second kappa shape index (κ2) is 7.47. The lowest BCUT2D eigenvalue weighted by atomic mass is 10.2. The monoisotopic (exact) mass is 340 g/mol. The summed E-state index contributed by atoms with van der Waals surface area (Å²) in [6, 6.07) is 3.51. The SMILES string of the molecule is CC(C)OCCOc1c(Cl)cc(Cl)cc1CBr. The highest BCUT2D eigenvalue weighted by atomic mass is 79.9. The molecule has 0 fully saturated rings. The maximum atomic E-state index is 6.08. The van der Waals surface area contributed by atoms with Gasteiger partial charge >= 0.3 is 0 Å². The van der Waals surface area contributed by atoms with Crippen LogP contribution in [0.5, 0.6) is 5.75 Å². The summed E-state index contributed by atoms with van der Waals surface area (Å²) in [6.45, 7) is 4.98.